The molecule has 0 aliphatic rings. The van der Waals surface area contributed by atoms with Crippen LogP contribution in [0.5, 0.6) is 0 Å². The van der Waals surface area contributed by atoms with Gasteiger partial charge in [0.15, 0.2) is 5.82 Å². The molecule has 0 saturated carbocycles. The third-order valence-electron chi connectivity index (χ3n) is 2.49. The van der Waals surface area contributed by atoms with Crippen molar-refractivity contribution in [3.63, 3.8) is 0 Å². The van der Waals surface area contributed by atoms with Gasteiger partial charge in [-0.05, 0) is 5.92 Å². The molecule has 0 radical (unpaired) electrons. The number of ether oxygens (including phenoxy) is 1. The number of halogens is 1. The Morgan fingerprint density at radius 3 is 2.67 bits per heavy atom. The maximum absolute atomic E-state index is 5.83. The van der Waals surface area contributed by atoms with E-state index in [1.54, 1.807) is 18.0 Å². The smallest absolute Gasteiger partial charge is 0.164 e. The minimum atomic E-state index is 0.386. The van der Waals surface area contributed by atoms with Crippen LogP contribution in [0.3, 0.4) is 0 Å². The zero-order valence-corrected chi connectivity index (χ0v) is 10.2. The van der Waals surface area contributed by atoms with Crippen LogP contribution in [-0.2, 0) is 11.3 Å². The van der Waals surface area contributed by atoms with Crippen molar-refractivity contribution in [1.82, 2.24) is 9.78 Å². The van der Waals surface area contributed by atoms with Gasteiger partial charge in [-0.25, -0.2) is 0 Å². The summed E-state index contributed by atoms with van der Waals surface area (Å²) in [6, 6.07) is 0. The lowest BCUT2D eigenvalue weighted by Gasteiger charge is -2.19. The molecule has 0 spiro atoms. The van der Waals surface area contributed by atoms with Gasteiger partial charge in [-0.3, -0.25) is 4.68 Å². The molecular formula is C10H18ClN3O. The minimum absolute atomic E-state index is 0.386. The topological polar surface area (TPSA) is 53.1 Å². The molecular weight excluding hydrogens is 214 g/mol. The number of nitrogen functional groups attached to an aromatic ring is 1. The van der Waals surface area contributed by atoms with Gasteiger partial charge in [-0.1, -0.05) is 25.4 Å². The standard InChI is InChI=1S/C10H18ClN3O/c1-7(2)8(6-15-3)4-14-5-9(11)10(12)13-14/h5,7-8H,4,6H2,1-3H3,(H2,12,13). The second-order valence-electron chi connectivity index (χ2n) is 4.04. The molecule has 2 N–H and O–H groups in total. The van der Waals surface area contributed by atoms with Gasteiger partial charge in [-0.2, -0.15) is 5.10 Å². The predicted molar refractivity (Wildman–Crippen MR) is 61.9 cm³/mol. The molecule has 1 atom stereocenters. The number of aromatic nitrogens is 2. The molecule has 1 heterocycles. The van der Waals surface area contributed by atoms with Gasteiger partial charge >= 0.3 is 0 Å². The molecule has 1 aromatic heterocycles. The molecule has 15 heavy (non-hydrogen) atoms. The van der Waals surface area contributed by atoms with Crippen molar-refractivity contribution in [1.29, 1.82) is 0 Å². The van der Waals surface area contributed by atoms with Crippen LogP contribution in [0.4, 0.5) is 5.82 Å². The zero-order valence-electron chi connectivity index (χ0n) is 9.40. The van der Waals surface area contributed by atoms with E-state index in [9.17, 15) is 0 Å². The highest BCUT2D eigenvalue weighted by molar-refractivity contribution is 6.32. The molecule has 0 fully saturated rings. The first-order valence-electron chi connectivity index (χ1n) is 5.02. The molecule has 1 aromatic rings. The Balaban J connectivity index is 2.65. The van der Waals surface area contributed by atoms with Gasteiger partial charge in [0.25, 0.3) is 0 Å². The average molecular weight is 232 g/mol. The fourth-order valence-corrected chi connectivity index (χ4v) is 1.57. The van der Waals surface area contributed by atoms with Crippen LogP contribution >= 0.6 is 11.6 Å². The third kappa shape index (κ3) is 3.39. The number of methoxy groups -OCH3 is 1. The van der Waals surface area contributed by atoms with E-state index in [0.717, 1.165) is 13.2 Å². The predicted octanol–water partition coefficient (Wildman–Crippen LogP) is 2.04. The van der Waals surface area contributed by atoms with Crippen molar-refractivity contribution in [3.8, 4) is 0 Å². The summed E-state index contributed by atoms with van der Waals surface area (Å²) in [5.41, 5.74) is 5.57. The number of hydrogen-bond acceptors (Lipinski definition) is 3. The van der Waals surface area contributed by atoms with Crippen LogP contribution in [0.15, 0.2) is 6.20 Å². The summed E-state index contributed by atoms with van der Waals surface area (Å²) in [6.45, 7) is 5.83. The second kappa shape index (κ2) is 5.37. The van der Waals surface area contributed by atoms with Crippen LogP contribution in [0, 0.1) is 11.8 Å². The van der Waals surface area contributed by atoms with E-state index in [2.05, 4.69) is 18.9 Å². The van der Waals surface area contributed by atoms with Crippen molar-refractivity contribution in [2.24, 2.45) is 11.8 Å². The average Bonchev–Trinajstić information content (AvgIpc) is 2.45. The Morgan fingerprint density at radius 1 is 1.60 bits per heavy atom. The quantitative estimate of drug-likeness (QED) is 0.844. The van der Waals surface area contributed by atoms with Crippen LogP contribution in [0.1, 0.15) is 13.8 Å². The van der Waals surface area contributed by atoms with Crippen LogP contribution < -0.4 is 5.73 Å². The van der Waals surface area contributed by atoms with Crippen molar-refractivity contribution >= 4 is 17.4 Å². The van der Waals surface area contributed by atoms with E-state index in [1.807, 2.05) is 0 Å². The molecule has 0 aliphatic carbocycles. The van der Waals surface area contributed by atoms with Gasteiger partial charge in [0.05, 0.1) is 6.61 Å². The van der Waals surface area contributed by atoms with Crippen molar-refractivity contribution in [3.05, 3.63) is 11.2 Å². The van der Waals surface area contributed by atoms with Crippen molar-refractivity contribution in [2.75, 3.05) is 19.5 Å². The summed E-state index contributed by atoms with van der Waals surface area (Å²) in [5, 5.41) is 4.63. The Morgan fingerprint density at radius 2 is 2.27 bits per heavy atom. The Labute approximate surface area is 95.3 Å². The first kappa shape index (κ1) is 12.3. The van der Waals surface area contributed by atoms with Gasteiger partial charge in [0.2, 0.25) is 0 Å². The molecule has 4 nitrogen and oxygen atoms in total. The third-order valence-corrected chi connectivity index (χ3v) is 2.78. The lowest BCUT2D eigenvalue weighted by atomic mass is 9.97. The Bertz CT molecular complexity index is 292. The number of anilines is 1. The van der Waals surface area contributed by atoms with Gasteiger partial charge in [0, 0.05) is 25.8 Å². The molecule has 86 valence electrons. The zero-order chi connectivity index (χ0) is 11.4. The molecule has 0 amide bonds. The summed E-state index contributed by atoms with van der Waals surface area (Å²) in [7, 11) is 1.71. The van der Waals surface area contributed by atoms with E-state index in [-0.39, 0.29) is 0 Å². The fourth-order valence-electron chi connectivity index (χ4n) is 1.42. The Kier molecular flexibility index (Phi) is 4.42. The summed E-state index contributed by atoms with van der Waals surface area (Å²) in [6.07, 6.45) is 1.75. The highest BCUT2D eigenvalue weighted by atomic mass is 35.5. The number of nitrogens with zero attached hydrogens (tertiary/aromatic N) is 2. The molecule has 0 aliphatic heterocycles. The van der Waals surface area contributed by atoms with Crippen LogP contribution in [0.25, 0.3) is 0 Å². The van der Waals surface area contributed by atoms with Gasteiger partial charge in [-0.15, -0.1) is 0 Å². The lowest BCUT2D eigenvalue weighted by molar-refractivity contribution is 0.116. The van der Waals surface area contributed by atoms with Crippen LogP contribution in [-0.4, -0.2) is 23.5 Å². The summed E-state index contributed by atoms with van der Waals surface area (Å²) in [4.78, 5) is 0. The first-order chi connectivity index (χ1) is 7.04. The molecule has 0 bridgehead atoms. The fraction of sp³-hybridized carbons (Fsp3) is 0.700. The molecule has 0 saturated heterocycles. The van der Waals surface area contributed by atoms with E-state index in [0.29, 0.717) is 22.7 Å². The Hall–Kier alpha value is -0.740. The molecule has 1 rings (SSSR count). The lowest BCUT2D eigenvalue weighted by Crippen LogP contribution is -2.21. The van der Waals surface area contributed by atoms with Gasteiger partial charge in [0.1, 0.15) is 5.02 Å². The van der Waals surface area contributed by atoms with Gasteiger partial charge < -0.3 is 10.5 Å². The van der Waals surface area contributed by atoms with E-state index < -0.39 is 0 Å². The summed E-state index contributed by atoms with van der Waals surface area (Å²) in [5.74, 6) is 1.34. The van der Waals surface area contributed by atoms with E-state index in [4.69, 9.17) is 22.1 Å². The highest BCUT2D eigenvalue weighted by Gasteiger charge is 2.15. The van der Waals surface area contributed by atoms with Crippen molar-refractivity contribution < 1.29 is 4.74 Å². The number of hydrogen-bond donors (Lipinski definition) is 1. The minimum Gasteiger partial charge on any atom is -0.384 e. The summed E-state index contributed by atoms with van der Waals surface area (Å²) < 4.78 is 6.95. The summed E-state index contributed by atoms with van der Waals surface area (Å²) >= 11 is 5.83. The van der Waals surface area contributed by atoms with E-state index in [1.165, 1.54) is 0 Å². The second-order valence-corrected chi connectivity index (χ2v) is 4.45. The largest absolute Gasteiger partial charge is 0.384 e. The van der Waals surface area contributed by atoms with E-state index >= 15 is 0 Å². The first-order valence-corrected chi connectivity index (χ1v) is 5.39. The molecule has 5 heteroatoms. The highest BCUT2D eigenvalue weighted by Crippen LogP contribution is 2.19. The molecule has 1 unspecified atom stereocenters. The SMILES string of the molecule is COCC(Cn1cc(Cl)c(N)n1)C(C)C. The number of rotatable bonds is 5. The van der Waals surface area contributed by atoms with Crippen LogP contribution in [0.2, 0.25) is 5.02 Å². The number of nitrogens with two attached hydrogens (primary N) is 1. The molecule has 0 aromatic carbocycles. The maximum atomic E-state index is 5.83. The van der Waals surface area contributed by atoms with Crippen molar-refractivity contribution in [2.45, 2.75) is 20.4 Å². The normalized spacial score (nSPS) is 13.4. The maximum Gasteiger partial charge on any atom is 0.164 e. The monoisotopic (exact) mass is 231 g/mol.